The lowest BCUT2D eigenvalue weighted by atomic mass is 9.96. The van der Waals surface area contributed by atoms with Gasteiger partial charge in [-0.1, -0.05) is 36.4 Å². The van der Waals surface area contributed by atoms with Gasteiger partial charge in [-0.05, 0) is 55.8 Å². The van der Waals surface area contributed by atoms with Gasteiger partial charge in [0.1, 0.15) is 6.04 Å². The van der Waals surface area contributed by atoms with E-state index in [0.29, 0.717) is 17.1 Å². The highest BCUT2D eigenvalue weighted by Gasteiger charge is 2.25. The second-order valence-electron chi connectivity index (χ2n) is 7.14. The summed E-state index contributed by atoms with van der Waals surface area (Å²) in [5.41, 5.74) is 3.55. The van der Waals surface area contributed by atoms with Crippen molar-refractivity contribution in [1.82, 2.24) is 0 Å². The van der Waals surface area contributed by atoms with Gasteiger partial charge in [0.2, 0.25) is 6.79 Å². The zero-order valence-electron chi connectivity index (χ0n) is 17.3. The van der Waals surface area contributed by atoms with Crippen LogP contribution in [0.3, 0.4) is 0 Å². The number of ether oxygens (including phenoxy) is 2. The number of hydrogen-bond acceptors (Lipinski definition) is 5. The van der Waals surface area contributed by atoms with Gasteiger partial charge in [-0.15, -0.1) is 0 Å². The predicted molar refractivity (Wildman–Crippen MR) is 120 cm³/mol. The van der Waals surface area contributed by atoms with Crippen molar-refractivity contribution in [1.29, 1.82) is 0 Å². The molecule has 1 atom stereocenters. The molecule has 0 saturated carbocycles. The van der Waals surface area contributed by atoms with Crippen molar-refractivity contribution in [2.75, 3.05) is 30.1 Å². The number of benzene rings is 3. The smallest absolute Gasteiger partial charge is 0.231 e. The molecule has 3 aromatic carbocycles. The molecule has 0 spiro atoms. The topological polar surface area (TPSA) is 50.8 Å². The quantitative estimate of drug-likeness (QED) is 0.518. The third kappa shape index (κ3) is 4.10. The number of anilines is 2. The van der Waals surface area contributed by atoms with Crippen LogP contribution in [0.4, 0.5) is 11.4 Å². The van der Waals surface area contributed by atoms with Gasteiger partial charge >= 0.3 is 0 Å². The Kier molecular flexibility index (Phi) is 5.89. The Labute approximate surface area is 177 Å². The Hall–Kier alpha value is -3.47. The summed E-state index contributed by atoms with van der Waals surface area (Å²) in [4.78, 5) is 15.7. The summed E-state index contributed by atoms with van der Waals surface area (Å²) < 4.78 is 10.9. The highest BCUT2D eigenvalue weighted by molar-refractivity contribution is 6.02. The third-order valence-electron chi connectivity index (χ3n) is 5.36. The SMILES string of the molecule is CCN(CC)c1ccc(N[C@H](C(=O)c2ccccc2)c2ccc3c(c2)OCO3)cc1. The number of rotatable bonds is 8. The van der Waals surface area contributed by atoms with Gasteiger partial charge in [-0.25, -0.2) is 0 Å². The third-order valence-corrected chi connectivity index (χ3v) is 5.36. The van der Waals surface area contributed by atoms with Crippen LogP contribution >= 0.6 is 0 Å². The fourth-order valence-electron chi connectivity index (χ4n) is 3.69. The highest BCUT2D eigenvalue weighted by Crippen LogP contribution is 2.36. The summed E-state index contributed by atoms with van der Waals surface area (Å²) in [5.74, 6) is 1.37. The van der Waals surface area contributed by atoms with Gasteiger partial charge in [0.25, 0.3) is 0 Å². The summed E-state index contributed by atoms with van der Waals surface area (Å²) in [7, 11) is 0. The number of carbonyl (C=O) groups excluding carboxylic acids is 1. The summed E-state index contributed by atoms with van der Waals surface area (Å²) in [5, 5.41) is 3.42. The molecule has 0 fully saturated rings. The van der Waals surface area contributed by atoms with Gasteiger partial charge in [0.15, 0.2) is 17.3 Å². The Morgan fingerprint density at radius 2 is 1.63 bits per heavy atom. The van der Waals surface area contributed by atoms with Crippen molar-refractivity contribution < 1.29 is 14.3 Å². The fourth-order valence-corrected chi connectivity index (χ4v) is 3.69. The maximum atomic E-state index is 13.4. The molecule has 0 amide bonds. The van der Waals surface area contributed by atoms with Crippen molar-refractivity contribution in [3.05, 3.63) is 83.9 Å². The number of carbonyl (C=O) groups is 1. The van der Waals surface area contributed by atoms with E-state index in [1.165, 1.54) is 5.69 Å². The molecule has 1 heterocycles. The second kappa shape index (κ2) is 8.91. The first-order valence-corrected chi connectivity index (χ1v) is 10.3. The zero-order valence-corrected chi connectivity index (χ0v) is 17.3. The minimum atomic E-state index is -0.541. The first-order chi connectivity index (χ1) is 14.7. The van der Waals surface area contributed by atoms with Crippen LogP contribution in [0, 0.1) is 0 Å². The number of hydrogen-bond donors (Lipinski definition) is 1. The predicted octanol–water partition coefficient (Wildman–Crippen LogP) is 5.30. The van der Waals surface area contributed by atoms with Crippen LogP contribution in [0.1, 0.15) is 35.8 Å². The molecule has 5 nitrogen and oxygen atoms in total. The van der Waals surface area contributed by atoms with Gasteiger partial charge < -0.3 is 19.7 Å². The van der Waals surface area contributed by atoms with Crippen molar-refractivity contribution in [2.45, 2.75) is 19.9 Å². The van der Waals surface area contributed by atoms with Crippen LogP contribution in [0.5, 0.6) is 11.5 Å². The molecule has 4 rings (SSSR count). The van der Waals surface area contributed by atoms with E-state index in [0.717, 1.165) is 24.3 Å². The minimum Gasteiger partial charge on any atom is -0.454 e. The molecule has 0 unspecified atom stereocenters. The minimum absolute atomic E-state index is 0.00212. The van der Waals surface area contributed by atoms with Gasteiger partial charge in [-0.3, -0.25) is 4.79 Å². The monoisotopic (exact) mass is 402 g/mol. The highest BCUT2D eigenvalue weighted by atomic mass is 16.7. The molecule has 1 aliphatic rings. The lowest BCUT2D eigenvalue weighted by Gasteiger charge is -2.23. The Morgan fingerprint density at radius 3 is 2.33 bits per heavy atom. The molecule has 0 saturated heterocycles. The molecule has 30 heavy (non-hydrogen) atoms. The molecule has 3 aromatic rings. The van der Waals surface area contributed by atoms with Crippen molar-refractivity contribution in [3.63, 3.8) is 0 Å². The van der Waals surface area contributed by atoms with E-state index < -0.39 is 6.04 Å². The van der Waals surface area contributed by atoms with E-state index in [9.17, 15) is 4.79 Å². The molecule has 1 aliphatic heterocycles. The largest absolute Gasteiger partial charge is 0.454 e. The summed E-state index contributed by atoms with van der Waals surface area (Å²) in [6.07, 6.45) is 0. The molecule has 0 radical (unpaired) electrons. The summed E-state index contributed by atoms with van der Waals surface area (Å²) in [6.45, 7) is 6.40. The average molecular weight is 402 g/mol. The van der Waals surface area contributed by atoms with E-state index in [4.69, 9.17) is 9.47 Å². The summed E-state index contributed by atoms with van der Waals surface area (Å²) >= 11 is 0. The van der Waals surface area contributed by atoms with Gasteiger partial charge in [0, 0.05) is 30.0 Å². The molecule has 0 aromatic heterocycles. The number of nitrogens with zero attached hydrogens (tertiary/aromatic N) is 1. The first-order valence-electron chi connectivity index (χ1n) is 10.3. The number of fused-ring (bicyclic) bond motifs is 1. The molecular weight excluding hydrogens is 376 g/mol. The normalized spacial score (nSPS) is 13.0. The molecule has 1 N–H and O–H groups in total. The van der Waals surface area contributed by atoms with Gasteiger partial charge in [0.05, 0.1) is 0 Å². The molecular formula is C25H26N2O3. The van der Waals surface area contributed by atoms with E-state index >= 15 is 0 Å². The van der Waals surface area contributed by atoms with Crippen LogP contribution in [0.2, 0.25) is 0 Å². The molecule has 0 bridgehead atoms. The van der Waals surface area contributed by atoms with Crippen LogP contribution in [0.25, 0.3) is 0 Å². The molecule has 154 valence electrons. The lowest BCUT2D eigenvalue weighted by molar-refractivity contribution is 0.0969. The first kappa shape index (κ1) is 19.8. The number of ketones is 1. The fraction of sp³-hybridized carbons (Fsp3) is 0.240. The average Bonchev–Trinajstić information content (AvgIpc) is 3.27. The van der Waals surface area contributed by atoms with E-state index in [1.807, 2.05) is 60.7 Å². The zero-order chi connectivity index (χ0) is 20.9. The second-order valence-corrected chi connectivity index (χ2v) is 7.14. The molecule has 5 heteroatoms. The molecule has 0 aliphatic carbocycles. The van der Waals surface area contributed by atoms with Crippen LogP contribution in [-0.4, -0.2) is 25.7 Å². The standard InChI is InChI=1S/C25H26N2O3/c1-3-27(4-2)21-13-11-20(12-14-21)26-24(25(28)18-8-6-5-7-9-18)19-10-15-22-23(16-19)30-17-29-22/h5-16,24,26H,3-4,17H2,1-2H3/t24-/m0/s1. The van der Waals surface area contributed by atoms with Gasteiger partial charge in [-0.2, -0.15) is 0 Å². The van der Waals surface area contributed by atoms with Crippen molar-refractivity contribution in [3.8, 4) is 11.5 Å². The van der Waals surface area contributed by atoms with Crippen LogP contribution in [0.15, 0.2) is 72.8 Å². The lowest BCUT2D eigenvalue weighted by Crippen LogP contribution is -2.22. The number of nitrogens with one attached hydrogen (secondary N) is 1. The van der Waals surface area contributed by atoms with Crippen molar-refractivity contribution >= 4 is 17.2 Å². The van der Waals surface area contributed by atoms with E-state index in [1.54, 1.807) is 0 Å². The van der Waals surface area contributed by atoms with Crippen LogP contribution < -0.4 is 19.7 Å². The Balaban J connectivity index is 1.64. The maximum Gasteiger partial charge on any atom is 0.231 e. The van der Waals surface area contributed by atoms with E-state index in [2.05, 4.69) is 36.2 Å². The van der Waals surface area contributed by atoms with E-state index in [-0.39, 0.29) is 12.6 Å². The Bertz CT molecular complexity index is 999. The van der Waals surface area contributed by atoms with Crippen LogP contribution in [-0.2, 0) is 0 Å². The number of Topliss-reactive ketones (excluding diaryl/α,β-unsaturated/α-hetero) is 1. The van der Waals surface area contributed by atoms with Crippen molar-refractivity contribution in [2.24, 2.45) is 0 Å². The Morgan fingerprint density at radius 1 is 0.933 bits per heavy atom. The summed E-state index contributed by atoms with van der Waals surface area (Å²) in [6, 6.07) is 22.7. The maximum absolute atomic E-state index is 13.4.